The maximum atomic E-state index is 4.26. The molecular weight excluding hydrogens is 301 g/mol. The fourth-order valence-corrected chi connectivity index (χ4v) is 2.41. The number of nitrogens with zero attached hydrogens (tertiary/aromatic N) is 2. The second kappa shape index (κ2) is 4.23. The lowest BCUT2D eigenvalue weighted by Crippen LogP contribution is -2.19. The van der Waals surface area contributed by atoms with E-state index < -0.39 is 0 Å². The van der Waals surface area contributed by atoms with Gasteiger partial charge in [-0.05, 0) is 47.3 Å². The topological polar surface area (TPSA) is 37.8 Å². The Labute approximate surface area is 104 Å². The zero-order valence-corrected chi connectivity index (χ0v) is 11.3. The van der Waals surface area contributed by atoms with Gasteiger partial charge in [0.25, 0.3) is 0 Å². The van der Waals surface area contributed by atoms with Crippen LogP contribution in [0.25, 0.3) is 0 Å². The molecule has 0 radical (unpaired) electrons. The summed E-state index contributed by atoms with van der Waals surface area (Å²) in [6.45, 7) is 4.65. The summed E-state index contributed by atoms with van der Waals surface area (Å²) < 4.78 is 1.07. The quantitative estimate of drug-likeness (QED) is 0.852. The lowest BCUT2D eigenvalue weighted by molar-refractivity contribution is 0.378. The Morgan fingerprint density at radius 3 is 2.60 bits per heavy atom. The van der Waals surface area contributed by atoms with Gasteiger partial charge < -0.3 is 5.32 Å². The minimum atomic E-state index is 0.473. The first-order chi connectivity index (χ1) is 7.05. The van der Waals surface area contributed by atoms with E-state index in [9.17, 15) is 0 Å². The third kappa shape index (κ3) is 3.03. The number of aromatic nitrogens is 2. The molecule has 2 rings (SSSR count). The number of hydrogen-bond acceptors (Lipinski definition) is 3. The summed E-state index contributed by atoms with van der Waals surface area (Å²) >= 11 is 2.21. The second-order valence-corrected chi connectivity index (χ2v) is 6.22. The third-order valence-corrected chi connectivity index (χ3v) is 3.48. The molecule has 1 unspecified atom stereocenters. The van der Waals surface area contributed by atoms with E-state index in [0.717, 1.165) is 9.52 Å². The Morgan fingerprint density at radius 1 is 1.40 bits per heavy atom. The smallest absolute Gasteiger partial charge is 0.222 e. The van der Waals surface area contributed by atoms with Gasteiger partial charge in [0.05, 0.1) is 0 Å². The second-order valence-electron chi connectivity index (χ2n) is 4.97. The first-order valence-corrected chi connectivity index (χ1v) is 6.37. The Kier molecular flexibility index (Phi) is 3.13. The number of hydrogen-bond donors (Lipinski definition) is 1. The monoisotopic (exact) mass is 317 g/mol. The van der Waals surface area contributed by atoms with Crippen LogP contribution in [0.1, 0.15) is 33.1 Å². The van der Waals surface area contributed by atoms with Crippen LogP contribution in [-0.4, -0.2) is 16.0 Å². The van der Waals surface area contributed by atoms with E-state index >= 15 is 0 Å². The summed E-state index contributed by atoms with van der Waals surface area (Å²) in [4.78, 5) is 8.52. The van der Waals surface area contributed by atoms with Crippen molar-refractivity contribution in [1.29, 1.82) is 0 Å². The molecule has 1 N–H and O–H groups in total. The van der Waals surface area contributed by atoms with E-state index in [-0.39, 0.29) is 0 Å². The van der Waals surface area contributed by atoms with Gasteiger partial charge in [0.1, 0.15) is 0 Å². The molecule has 0 saturated heterocycles. The molecule has 15 heavy (non-hydrogen) atoms. The lowest BCUT2D eigenvalue weighted by atomic mass is 9.92. The van der Waals surface area contributed by atoms with Crippen molar-refractivity contribution in [2.75, 3.05) is 5.32 Å². The standard InChI is InChI=1S/C11H16IN3/c1-11(2)4-3-9(5-11)15-10-13-6-8(12)7-14-10/h6-7,9H,3-5H2,1-2H3,(H,13,14,15). The summed E-state index contributed by atoms with van der Waals surface area (Å²) in [5, 5.41) is 3.40. The predicted octanol–water partition coefficient (Wildman–Crippen LogP) is 3.07. The molecule has 1 aromatic heterocycles. The van der Waals surface area contributed by atoms with E-state index in [1.807, 2.05) is 12.4 Å². The molecule has 0 amide bonds. The largest absolute Gasteiger partial charge is 0.351 e. The van der Waals surface area contributed by atoms with Crippen LogP contribution in [0, 0.1) is 8.99 Å². The van der Waals surface area contributed by atoms with E-state index in [4.69, 9.17) is 0 Å². The molecule has 1 aliphatic carbocycles. The van der Waals surface area contributed by atoms with Crippen LogP contribution in [0.4, 0.5) is 5.95 Å². The molecule has 0 bridgehead atoms. The van der Waals surface area contributed by atoms with Crippen molar-refractivity contribution in [3.05, 3.63) is 16.0 Å². The highest BCUT2D eigenvalue weighted by Gasteiger charge is 2.30. The van der Waals surface area contributed by atoms with Gasteiger partial charge in [0.2, 0.25) is 5.95 Å². The average molecular weight is 317 g/mol. The Bertz CT molecular complexity index is 334. The Balaban J connectivity index is 1.96. The molecule has 0 aromatic carbocycles. The molecule has 1 atom stereocenters. The van der Waals surface area contributed by atoms with Crippen molar-refractivity contribution in [2.45, 2.75) is 39.2 Å². The van der Waals surface area contributed by atoms with Crippen molar-refractivity contribution >= 4 is 28.5 Å². The van der Waals surface area contributed by atoms with Gasteiger partial charge in [-0.2, -0.15) is 0 Å². The van der Waals surface area contributed by atoms with E-state index in [1.54, 1.807) is 0 Å². The lowest BCUT2D eigenvalue weighted by Gasteiger charge is -2.17. The minimum Gasteiger partial charge on any atom is -0.351 e. The number of halogens is 1. The molecular formula is C11H16IN3. The summed E-state index contributed by atoms with van der Waals surface area (Å²) in [5.41, 5.74) is 0.473. The van der Waals surface area contributed by atoms with Crippen LogP contribution in [0.15, 0.2) is 12.4 Å². The molecule has 0 aliphatic heterocycles. The first kappa shape index (κ1) is 11.1. The molecule has 0 spiro atoms. The van der Waals surface area contributed by atoms with Crippen LogP contribution in [0.2, 0.25) is 0 Å². The van der Waals surface area contributed by atoms with Crippen LogP contribution < -0.4 is 5.32 Å². The summed E-state index contributed by atoms with van der Waals surface area (Å²) in [6, 6.07) is 0.542. The van der Waals surface area contributed by atoms with Crippen LogP contribution >= 0.6 is 22.6 Å². The fourth-order valence-electron chi connectivity index (χ4n) is 2.13. The summed E-state index contributed by atoms with van der Waals surface area (Å²) in [6.07, 6.45) is 7.41. The number of anilines is 1. The molecule has 82 valence electrons. The van der Waals surface area contributed by atoms with Crippen molar-refractivity contribution in [2.24, 2.45) is 5.41 Å². The number of nitrogens with one attached hydrogen (secondary N) is 1. The number of rotatable bonds is 2. The maximum Gasteiger partial charge on any atom is 0.222 e. The van der Waals surface area contributed by atoms with Crippen LogP contribution in [-0.2, 0) is 0 Å². The van der Waals surface area contributed by atoms with Crippen LogP contribution in [0.5, 0.6) is 0 Å². The normalized spacial score (nSPS) is 24.1. The highest BCUT2D eigenvalue weighted by atomic mass is 127. The molecule has 3 nitrogen and oxygen atoms in total. The van der Waals surface area contributed by atoms with Gasteiger partial charge >= 0.3 is 0 Å². The van der Waals surface area contributed by atoms with Gasteiger partial charge in [0.15, 0.2) is 0 Å². The molecule has 4 heteroatoms. The van der Waals surface area contributed by atoms with E-state index in [2.05, 4.69) is 51.7 Å². The Morgan fingerprint density at radius 2 is 2.07 bits per heavy atom. The third-order valence-electron chi connectivity index (χ3n) is 2.92. The van der Waals surface area contributed by atoms with Gasteiger partial charge in [0, 0.05) is 22.0 Å². The molecule has 1 heterocycles. The molecule has 1 aliphatic rings. The summed E-state index contributed by atoms with van der Waals surface area (Å²) in [7, 11) is 0. The zero-order chi connectivity index (χ0) is 10.9. The van der Waals surface area contributed by atoms with E-state index in [1.165, 1.54) is 19.3 Å². The van der Waals surface area contributed by atoms with Crippen molar-refractivity contribution < 1.29 is 0 Å². The van der Waals surface area contributed by atoms with Gasteiger partial charge in [-0.15, -0.1) is 0 Å². The summed E-state index contributed by atoms with van der Waals surface area (Å²) in [5.74, 6) is 0.762. The SMILES string of the molecule is CC1(C)CCC(Nc2ncc(I)cn2)C1. The van der Waals surface area contributed by atoms with Crippen LogP contribution in [0.3, 0.4) is 0 Å². The highest BCUT2D eigenvalue weighted by Crippen LogP contribution is 2.37. The first-order valence-electron chi connectivity index (χ1n) is 5.29. The van der Waals surface area contributed by atoms with Crippen molar-refractivity contribution in [3.63, 3.8) is 0 Å². The average Bonchev–Trinajstić information content (AvgIpc) is 2.50. The van der Waals surface area contributed by atoms with Gasteiger partial charge in [-0.25, -0.2) is 9.97 Å². The minimum absolute atomic E-state index is 0.473. The Hall–Kier alpha value is -0.390. The van der Waals surface area contributed by atoms with Gasteiger partial charge in [-0.3, -0.25) is 0 Å². The maximum absolute atomic E-state index is 4.26. The van der Waals surface area contributed by atoms with Crippen molar-refractivity contribution in [3.8, 4) is 0 Å². The predicted molar refractivity (Wildman–Crippen MR) is 69.8 cm³/mol. The fraction of sp³-hybridized carbons (Fsp3) is 0.636. The highest BCUT2D eigenvalue weighted by molar-refractivity contribution is 14.1. The van der Waals surface area contributed by atoms with Gasteiger partial charge in [-0.1, -0.05) is 13.8 Å². The van der Waals surface area contributed by atoms with Crippen molar-refractivity contribution in [1.82, 2.24) is 9.97 Å². The van der Waals surface area contributed by atoms with E-state index in [0.29, 0.717) is 11.5 Å². The molecule has 1 aromatic rings. The molecule has 1 fully saturated rings. The molecule has 1 saturated carbocycles. The zero-order valence-electron chi connectivity index (χ0n) is 9.13.